The van der Waals surface area contributed by atoms with Crippen LogP contribution >= 0.6 is 0 Å². The molecular formula is C38H26F15N5O8. The summed E-state index contributed by atoms with van der Waals surface area (Å²) in [7, 11) is 0. The highest BCUT2D eigenvalue weighted by Gasteiger charge is 2.93. The van der Waals surface area contributed by atoms with Crippen molar-refractivity contribution in [3.63, 3.8) is 0 Å². The molecule has 0 saturated heterocycles. The van der Waals surface area contributed by atoms with E-state index >= 15 is 0 Å². The first-order chi connectivity index (χ1) is 30.2. The van der Waals surface area contributed by atoms with Gasteiger partial charge in [0.05, 0.1) is 49.6 Å². The molecule has 0 spiro atoms. The minimum absolute atomic E-state index is 0.0881. The fraction of sp³-hybridized carbons (Fsp3) is 0.447. The third-order valence-corrected chi connectivity index (χ3v) is 11.0. The first-order valence-electron chi connectivity index (χ1n) is 19.0. The van der Waals surface area contributed by atoms with Gasteiger partial charge in [0.15, 0.2) is 0 Å². The molecule has 6 rings (SSSR count). The van der Waals surface area contributed by atoms with Crippen molar-refractivity contribution in [3.8, 4) is 0 Å². The molecule has 4 aromatic heterocycles. The van der Waals surface area contributed by atoms with Crippen molar-refractivity contribution in [2.24, 2.45) is 11.0 Å². The molecule has 4 heterocycles. The van der Waals surface area contributed by atoms with E-state index < -0.39 is 140 Å². The summed E-state index contributed by atoms with van der Waals surface area (Å²) < 4.78 is 205. The van der Waals surface area contributed by atoms with Crippen LogP contribution in [0.2, 0.25) is 0 Å². The van der Waals surface area contributed by atoms with Crippen molar-refractivity contribution in [2.45, 2.75) is 101 Å². The number of fused-ring (bicyclic) bond motifs is 4. The van der Waals surface area contributed by atoms with Crippen LogP contribution in [0.3, 0.4) is 0 Å². The summed E-state index contributed by atoms with van der Waals surface area (Å²) >= 11 is 0. The quantitative estimate of drug-likeness (QED) is 0.0886. The maximum atomic E-state index is 14.8. The zero-order valence-electron chi connectivity index (χ0n) is 33.1. The van der Waals surface area contributed by atoms with Crippen LogP contribution in [-0.2, 0) is 6.54 Å². The number of rotatable bonds is 16. The van der Waals surface area contributed by atoms with Crippen molar-refractivity contribution < 1.29 is 65.9 Å². The Balaban J connectivity index is 1.42. The van der Waals surface area contributed by atoms with E-state index in [0.29, 0.717) is 17.5 Å². The molecule has 0 amide bonds. The molecule has 0 aliphatic heterocycles. The Morgan fingerprint density at radius 2 is 0.758 bits per heavy atom. The number of hydrogen-bond acceptors (Lipinski definition) is 9. The van der Waals surface area contributed by atoms with E-state index in [1.165, 1.54) is 6.21 Å². The number of aromatic nitrogens is 4. The first kappa shape index (κ1) is 49.1. The highest BCUT2D eigenvalue weighted by Crippen LogP contribution is 2.62. The summed E-state index contributed by atoms with van der Waals surface area (Å²) in [5, 5.41) is -2.78. The Bertz CT molecular complexity index is 3250. The topological polar surface area (TPSA) is 169 Å². The van der Waals surface area contributed by atoms with Crippen molar-refractivity contribution in [2.75, 3.05) is 0 Å². The summed E-state index contributed by atoms with van der Waals surface area (Å²) in [4.78, 5) is 107. The molecule has 0 aliphatic rings. The summed E-state index contributed by atoms with van der Waals surface area (Å²) in [5.41, 5.74) is -12.9. The SMILES string of the molecule is CCCCC(C=Nn1c(=O)c2cc3c(=O)n(-n4c(=O)c5cc6c(=O)n(CC(F)(F)C(F)(F)C(F)(F)C(F)(F)C(F)(F)C(F)(F)C(F)(F)F)c(=O)c6cc5c4=O)c(=O)c3cc2c1=O)CCCC. The number of halogens is 15. The van der Waals surface area contributed by atoms with Gasteiger partial charge in [-0.2, -0.15) is 85.0 Å². The Morgan fingerprint density at radius 3 is 1.09 bits per heavy atom. The molecule has 2 aromatic carbocycles. The van der Waals surface area contributed by atoms with E-state index in [4.69, 9.17) is 0 Å². The normalized spacial score (nSPS) is 14.2. The number of unbranched alkanes of at least 4 members (excludes halogenated alkanes) is 2. The maximum Gasteiger partial charge on any atom is 0.460 e. The standard InChI is InChI=1S/C38H26F15N5O8/c1-3-5-7-15(8-6-4-2)13-54-56-26(61)18-11-22-23(12-19(18)27(56)62)31(66)58(30(22)65)57-28(63)20-9-16-17(10-21(20)29(57)64)25(60)55(24(16)59)14-32(39,40)33(41,42)34(43,44)35(45,46)36(47,48)37(49,50)38(51,52)53/h9-13,15H,3-8,14H2,1-2H3. The fourth-order valence-electron chi connectivity index (χ4n) is 7.25. The van der Waals surface area contributed by atoms with Crippen LogP contribution in [0.25, 0.3) is 43.1 Å². The molecule has 13 nitrogen and oxygen atoms in total. The molecule has 0 aliphatic carbocycles. The van der Waals surface area contributed by atoms with Crippen LogP contribution in [0.1, 0.15) is 52.4 Å². The lowest BCUT2D eigenvalue weighted by molar-refractivity contribution is -0.452. The summed E-state index contributed by atoms with van der Waals surface area (Å²) in [6.07, 6.45) is -1.67. The van der Waals surface area contributed by atoms with Gasteiger partial charge in [0.2, 0.25) is 0 Å². The van der Waals surface area contributed by atoms with Gasteiger partial charge in [-0.05, 0) is 43.0 Å². The lowest BCUT2D eigenvalue weighted by Crippen LogP contribution is -2.73. The predicted octanol–water partition coefficient (Wildman–Crippen LogP) is 5.65. The number of nitrogens with zero attached hydrogens (tertiary/aromatic N) is 5. The van der Waals surface area contributed by atoms with Crippen LogP contribution in [0, 0.1) is 5.92 Å². The molecular weight excluding hydrogens is 939 g/mol. The van der Waals surface area contributed by atoms with Crippen LogP contribution in [0.5, 0.6) is 0 Å². The zero-order valence-corrected chi connectivity index (χ0v) is 33.1. The maximum absolute atomic E-state index is 14.8. The highest BCUT2D eigenvalue weighted by molar-refractivity contribution is 5.99. The minimum Gasteiger partial charge on any atom is -0.269 e. The number of benzene rings is 2. The second-order valence-corrected chi connectivity index (χ2v) is 15.2. The molecule has 0 radical (unpaired) electrons. The molecule has 0 N–H and O–H groups in total. The molecule has 0 unspecified atom stereocenters. The zero-order chi connectivity index (χ0) is 49.8. The Hall–Kier alpha value is -6.38. The van der Waals surface area contributed by atoms with Gasteiger partial charge in [-0.15, -0.1) is 0 Å². The smallest absolute Gasteiger partial charge is 0.269 e. The van der Waals surface area contributed by atoms with Gasteiger partial charge in [-0.1, -0.05) is 39.5 Å². The average Bonchev–Trinajstić information content (AvgIpc) is 3.80. The number of alkyl halides is 15. The van der Waals surface area contributed by atoms with Crippen LogP contribution in [0.15, 0.2) is 67.7 Å². The molecule has 0 fully saturated rings. The monoisotopic (exact) mass is 965 g/mol. The van der Waals surface area contributed by atoms with Gasteiger partial charge in [0.1, 0.15) is 0 Å². The minimum atomic E-state index is -8.64. The van der Waals surface area contributed by atoms with Gasteiger partial charge in [-0.3, -0.25) is 42.9 Å². The Morgan fingerprint density at radius 1 is 0.455 bits per heavy atom. The lowest BCUT2D eigenvalue weighted by atomic mass is 9.91. The first-order valence-corrected chi connectivity index (χ1v) is 19.0. The van der Waals surface area contributed by atoms with E-state index in [2.05, 4.69) is 5.10 Å². The Kier molecular flexibility index (Phi) is 11.6. The predicted molar refractivity (Wildman–Crippen MR) is 203 cm³/mol. The van der Waals surface area contributed by atoms with Crippen LogP contribution in [0.4, 0.5) is 65.9 Å². The third kappa shape index (κ3) is 6.73. The fourth-order valence-corrected chi connectivity index (χ4v) is 7.25. The summed E-state index contributed by atoms with van der Waals surface area (Å²) in [5.74, 6) is -49.2. The number of hydrogen-bond donors (Lipinski definition) is 0. The Labute approximate surface area is 352 Å². The van der Waals surface area contributed by atoms with Crippen molar-refractivity contribution in [1.82, 2.24) is 18.6 Å². The second kappa shape index (κ2) is 15.6. The largest absolute Gasteiger partial charge is 0.460 e. The molecule has 6 aromatic rings. The lowest BCUT2D eigenvalue weighted by Gasteiger charge is -2.41. The van der Waals surface area contributed by atoms with Crippen molar-refractivity contribution in [3.05, 3.63) is 107 Å². The van der Waals surface area contributed by atoms with Gasteiger partial charge in [-0.25, -0.2) is 0 Å². The van der Waals surface area contributed by atoms with Crippen LogP contribution < -0.4 is 44.5 Å². The highest BCUT2D eigenvalue weighted by atomic mass is 19.4. The van der Waals surface area contributed by atoms with E-state index in [9.17, 15) is 104 Å². The average molecular weight is 966 g/mol. The molecule has 0 bridgehead atoms. The molecule has 0 saturated carbocycles. The van der Waals surface area contributed by atoms with Crippen molar-refractivity contribution >= 4 is 49.3 Å². The van der Waals surface area contributed by atoms with Gasteiger partial charge in [0, 0.05) is 6.21 Å². The van der Waals surface area contributed by atoms with E-state index in [-0.39, 0.29) is 27.4 Å². The molecule has 66 heavy (non-hydrogen) atoms. The van der Waals surface area contributed by atoms with Crippen LogP contribution in [-0.4, -0.2) is 66.5 Å². The molecule has 28 heteroatoms. The third-order valence-electron chi connectivity index (χ3n) is 11.0. The summed E-state index contributed by atoms with van der Waals surface area (Å²) in [6, 6.07) is 2.03. The van der Waals surface area contributed by atoms with Gasteiger partial charge < -0.3 is 0 Å². The molecule has 0 atom stereocenters. The summed E-state index contributed by atoms with van der Waals surface area (Å²) in [6.45, 7) is 0.422. The van der Waals surface area contributed by atoms with E-state index in [1.807, 2.05) is 13.8 Å². The van der Waals surface area contributed by atoms with Crippen molar-refractivity contribution in [1.29, 1.82) is 0 Å². The van der Waals surface area contributed by atoms with Gasteiger partial charge >= 0.3 is 41.7 Å². The van der Waals surface area contributed by atoms with E-state index in [1.54, 1.807) is 0 Å². The second-order valence-electron chi connectivity index (χ2n) is 15.2. The van der Waals surface area contributed by atoms with E-state index in [0.717, 1.165) is 37.8 Å². The van der Waals surface area contributed by atoms with Gasteiger partial charge in [0.25, 0.3) is 44.5 Å². The molecule has 356 valence electrons.